The Kier molecular flexibility index (Phi) is 5.36. The van der Waals surface area contributed by atoms with Gasteiger partial charge in [-0.1, -0.05) is 28.1 Å². The van der Waals surface area contributed by atoms with Crippen LogP contribution in [0.2, 0.25) is 0 Å². The first-order valence-electron chi connectivity index (χ1n) is 6.96. The van der Waals surface area contributed by atoms with Gasteiger partial charge < -0.3 is 10.4 Å². The molecule has 1 unspecified atom stereocenters. The van der Waals surface area contributed by atoms with Crippen molar-refractivity contribution in [2.24, 2.45) is 0 Å². The van der Waals surface area contributed by atoms with Crippen LogP contribution in [-0.2, 0) is 9.59 Å². The van der Waals surface area contributed by atoms with Crippen molar-refractivity contribution in [3.8, 4) is 0 Å². The molecule has 1 aliphatic carbocycles. The molecule has 1 amide bonds. The zero-order chi connectivity index (χ0) is 15.4. The summed E-state index contributed by atoms with van der Waals surface area (Å²) in [5, 5.41) is 11.8. The molecular weight excluding hydrogens is 336 g/mol. The van der Waals surface area contributed by atoms with Crippen molar-refractivity contribution in [2.75, 3.05) is 13.1 Å². The highest BCUT2D eigenvalue weighted by molar-refractivity contribution is 9.10. The highest BCUT2D eigenvalue weighted by atomic mass is 79.9. The van der Waals surface area contributed by atoms with Gasteiger partial charge in [-0.05, 0) is 37.5 Å². The van der Waals surface area contributed by atoms with E-state index in [1.807, 2.05) is 31.2 Å². The van der Waals surface area contributed by atoms with E-state index < -0.39 is 5.97 Å². The number of carbonyl (C=O) groups excluding carboxylic acids is 1. The highest BCUT2D eigenvalue weighted by Gasteiger charge is 2.31. The second-order valence-electron chi connectivity index (χ2n) is 5.37. The molecule has 0 aromatic heterocycles. The Morgan fingerprint density at radius 3 is 2.48 bits per heavy atom. The summed E-state index contributed by atoms with van der Waals surface area (Å²) < 4.78 is 0.992. The summed E-state index contributed by atoms with van der Waals surface area (Å²) in [6.45, 7) is 1.97. The Hall–Kier alpha value is -1.40. The summed E-state index contributed by atoms with van der Waals surface area (Å²) in [5.41, 5.74) is 1.02. The molecule has 1 aliphatic rings. The first-order valence-corrected chi connectivity index (χ1v) is 7.75. The maximum atomic E-state index is 12.1. The Balaban J connectivity index is 1.87. The van der Waals surface area contributed by atoms with E-state index in [4.69, 9.17) is 5.11 Å². The number of halogens is 1. The van der Waals surface area contributed by atoms with E-state index in [0.29, 0.717) is 0 Å². The van der Waals surface area contributed by atoms with Crippen molar-refractivity contribution < 1.29 is 14.7 Å². The van der Waals surface area contributed by atoms with Crippen LogP contribution in [0.1, 0.15) is 31.4 Å². The molecule has 0 spiro atoms. The van der Waals surface area contributed by atoms with Crippen molar-refractivity contribution in [3.63, 3.8) is 0 Å². The summed E-state index contributed by atoms with van der Waals surface area (Å²) in [4.78, 5) is 24.6. The van der Waals surface area contributed by atoms with Gasteiger partial charge in [-0.25, -0.2) is 0 Å². The van der Waals surface area contributed by atoms with Gasteiger partial charge in [-0.15, -0.1) is 0 Å². The number of hydrogen-bond acceptors (Lipinski definition) is 3. The Bertz CT molecular complexity index is 514. The molecule has 114 valence electrons. The monoisotopic (exact) mass is 354 g/mol. The number of carboxylic acid groups (broad SMARTS) is 1. The molecule has 2 N–H and O–H groups in total. The number of hydrogen-bond donors (Lipinski definition) is 2. The van der Waals surface area contributed by atoms with Gasteiger partial charge in [0.1, 0.15) is 0 Å². The van der Waals surface area contributed by atoms with Crippen LogP contribution < -0.4 is 5.32 Å². The first kappa shape index (κ1) is 16.0. The number of rotatable bonds is 7. The fraction of sp³-hybridized carbons (Fsp3) is 0.467. The summed E-state index contributed by atoms with van der Waals surface area (Å²) in [6, 6.07) is 7.90. The van der Waals surface area contributed by atoms with Crippen LogP contribution >= 0.6 is 15.9 Å². The van der Waals surface area contributed by atoms with E-state index >= 15 is 0 Å². The molecule has 21 heavy (non-hydrogen) atoms. The van der Waals surface area contributed by atoms with Crippen LogP contribution in [0.4, 0.5) is 0 Å². The number of nitrogens with one attached hydrogen (secondary N) is 1. The number of aliphatic carboxylic acids is 1. The van der Waals surface area contributed by atoms with Crippen molar-refractivity contribution in [3.05, 3.63) is 34.3 Å². The van der Waals surface area contributed by atoms with Crippen LogP contribution in [0.3, 0.4) is 0 Å². The molecule has 0 heterocycles. The number of nitrogens with zero attached hydrogens (tertiary/aromatic N) is 1. The summed E-state index contributed by atoms with van der Waals surface area (Å²) in [6.07, 6.45) is 1.95. The minimum atomic E-state index is -0.893. The Morgan fingerprint density at radius 2 is 1.95 bits per heavy atom. The third-order valence-electron chi connectivity index (χ3n) is 3.50. The second-order valence-corrected chi connectivity index (χ2v) is 6.29. The van der Waals surface area contributed by atoms with Crippen molar-refractivity contribution in [1.29, 1.82) is 0 Å². The fourth-order valence-corrected chi connectivity index (χ4v) is 2.50. The van der Waals surface area contributed by atoms with Gasteiger partial charge >= 0.3 is 5.97 Å². The quantitative estimate of drug-likeness (QED) is 0.787. The third-order valence-corrected chi connectivity index (χ3v) is 4.02. The number of amides is 1. The molecule has 1 aromatic carbocycles. The molecule has 2 rings (SSSR count). The number of carbonyl (C=O) groups is 2. The number of benzene rings is 1. The van der Waals surface area contributed by atoms with E-state index in [2.05, 4.69) is 21.2 Å². The topological polar surface area (TPSA) is 69.6 Å². The van der Waals surface area contributed by atoms with E-state index in [-0.39, 0.29) is 31.1 Å². The van der Waals surface area contributed by atoms with Crippen molar-refractivity contribution in [1.82, 2.24) is 10.2 Å². The van der Waals surface area contributed by atoms with Crippen molar-refractivity contribution >= 4 is 27.8 Å². The average molecular weight is 355 g/mol. The van der Waals surface area contributed by atoms with Crippen LogP contribution in [0, 0.1) is 0 Å². The van der Waals surface area contributed by atoms with Gasteiger partial charge in [-0.2, -0.15) is 0 Å². The summed E-state index contributed by atoms with van der Waals surface area (Å²) in [7, 11) is 0. The predicted molar refractivity (Wildman–Crippen MR) is 82.9 cm³/mol. The minimum absolute atomic E-state index is 0.0786. The van der Waals surface area contributed by atoms with Gasteiger partial charge in [0.15, 0.2) is 0 Å². The van der Waals surface area contributed by atoms with E-state index in [1.165, 1.54) is 0 Å². The molecule has 5 nitrogen and oxygen atoms in total. The smallest absolute Gasteiger partial charge is 0.317 e. The molecule has 1 aromatic rings. The normalized spacial score (nSPS) is 15.8. The van der Waals surface area contributed by atoms with E-state index in [9.17, 15) is 9.59 Å². The summed E-state index contributed by atoms with van der Waals surface area (Å²) >= 11 is 3.37. The zero-order valence-electron chi connectivity index (χ0n) is 11.9. The van der Waals surface area contributed by atoms with Gasteiger partial charge in [0, 0.05) is 10.5 Å². The molecule has 0 saturated heterocycles. The first-order chi connectivity index (χ1) is 9.95. The van der Waals surface area contributed by atoms with Gasteiger partial charge in [-0.3, -0.25) is 14.5 Å². The molecule has 1 fully saturated rings. The molecule has 1 saturated carbocycles. The van der Waals surface area contributed by atoms with Gasteiger partial charge in [0.25, 0.3) is 0 Å². The maximum absolute atomic E-state index is 12.1. The van der Waals surface area contributed by atoms with Gasteiger partial charge in [0.05, 0.1) is 19.1 Å². The van der Waals surface area contributed by atoms with Crippen LogP contribution in [0.15, 0.2) is 28.7 Å². The lowest BCUT2D eigenvalue weighted by Gasteiger charge is -2.21. The van der Waals surface area contributed by atoms with E-state index in [0.717, 1.165) is 22.9 Å². The van der Waals surface area contributed by atoms with Crippen molar-refractivity contribution in [2.45, 2.75) is 31.8 Å². The predicted octanol–water partition coefficient (Wildman–Crippen LogP) is 2.18. The molecule has 0 radical (unpaired) electrons. The fourth-order valence-electron chi connectivity index (χ4n) is 2.23. The Morgan fingerprint density at radius 1 is 1.33 bits per heavy atom. The second kappa shape index (κ2) is 7.04. The lowest BCUT2D eigenvalue weighted by molar-refractivity contribution is -0.139. The number of carboxylic acids is 1. The van der Waals surface area contributed by atoms with E-state index in [1.54, 1.807) is 4.90 Å². The SMILES string of the molecule is CC(NC(=O)CN(CC(=O)O)C1CC1)c1ccc(Br)cc1. The maximum Gasteiger partial charge on any atom is 0.317 e. The summed E-state index contributed by atoms with van der Waals surface area (Å²) in [5.74, 6) is -1.03. The molecule has 0 bridgehead atoms. The highest BCUT2D eigenvalue weighted by Crippen LogP contribution is 2.26. The molecular formula is C15H19BrN2O3. The van der Waals surface area contributed by atoms with Crippen LogP contribution in [0.25, 0.3) is 0 Å². The Labute approximate surface area is 132 Å². The van der Waals surface area contributed by atoms with Crippen LogP contribution in [0.5, 0.6) is 0 Å². The van der Waals surface area contributed by atoms with Gasteiger partial charge in [0.2, 0.25) is 5.91 Å². The third kappa shape index (κ3) is 5.13. The molecule has 1 atom stereocenters. The average Bonchev–Trinajstić information content (AvgIpc) is 3.22. The van der Waals surface area contributed by atoms with Crippen LogP contribution in [-0.4, -0.2) is 41.0 Å². The lowest BCUT2D eigenvalue weighted by atomic mass is 10.1. The standard InChI is InChI=1S/C15H19BrN2O3/c1-10(11-2-4-12(16)5-3-11)17-14(19)8-18(9-15(20)21)13-6-7-13/h2-5,10,13H,6-9H2,1H3,(H,17,19)(H,20,21). The minimum Gasteiger partial charge on any atom is -0.480 e. The molecule has 6 heteroatoms. The largest absolute Gasteiger partial charge is 0.480 e. The zero-order valence-corrected chi connectivity index (χ0v) is 13.5. The lowest BCUT2D eigenvalue weighted by Crippen LogP contribution is -2.41. The molecule has 0 aliphatic heterocycles.